The minimum atomic E-state index is -0.0307. The molecule has 0 bridgehead atoms. The van der Waals surface area contributed by atoms with Crippen molar-refractivity contribution in [1.29, 1.82) is 0 Å². The quantitative estimate of drug-likeness (QED) is 0.805. The number of anilines is 1. The minimum Gasteiger partial charge on any atom is -0.491 e. The molecule has 5 heteroatoms. The highest BCUT2D eigenvalue weighted by molar-refractivity contribution is 5.93. The van der Waals surface area contributed by atoms with Crippen molar-refractivity contribution >= 4 is 11.6 Å². The second-order valence-corrected chi connectivity index (χ2v) is 3.65. The van der Waals surface area contributed by atoms with Crippen molar-refractivity contribution in [1.82, 2.24) is 0 Å². The molecule has 0 saturated heterocycles. The summed E-state index contributed by atoms with van der Waals surface area (Å²) in [6.45, 7) is 1.41. The van der Waals surface area contributed by atoms with E-state index >= 15 is 0 Å². The molecular formula is C12H15NO4. The second-order valence-electron chi connectivity index (χ2n) is 3.65. The van der Waals surface area contributed by atoms with Gasteiger partial charge in [-0.1, -0.05) is 0 Å². The van der Waals surface area contributed by atoms with Gasteiger partial charge in [0.05, 0.1) is 25.3 Å². The Bertz CT molecular complexity index is 405. The number of hydrogen-bond acceptors (Lipinski definition) is 4. The maximum Gasteiger partial charge on any atom is 0.227 e. The zero-order valence-corrected chi connectivity index (χ0v) is 9.69. The molecule has 1 aromatic rings. The van der Waals surface area contributed by atoms with Crippen LogP contribution in [0, 0.1) is 0 Å². The highest BCUT2D eigenvalue weighted by Crippen LogP contribution is 2.31. The van der Waals surface area contributed by atoms with E-state index in [1.54, 1.807) is 25.3 Å². The largest absolute Gasteiger partial charge is 0.491 e. The molecular weight excluding hydrogens is 222 g/mol. The lowest BCUT2D eigenvalue weighted by molar-refractivity contribution is -0.116. The number of carbonyl (C=O) groups excluding carboxylic acids is 1. The SMILES string of the molecule is COCCOc1ccc2c(c1)OCCC(=O)N2. The number of amides is 1. The third kappa shape index (κ3) is 3.10. The molecule has 92 valence electrons. The maximum atomic E-state index is 11.3. The molecule has 2 rings (SSSR count). The van der Waals surface area contributed by atoms with E-state index in [9.17, 15) is 4.79 Å². The Morgan fingerprint density at radius 2 is 2.29 bits per heavy atom. The number of ether oxygens (including phenoxy) is 3. The van der Waals surface area contributed by atoms with Crippen molar-refractivity contribution in [3.05, 3.63) is 18.2 Å². The predicted octanol–water partition coefficient (Wildman–Crippen LogP) is 1.43. The first-order valence-electron chi connectivity index (χ1n) is 5.48. The monoisotopic (exact) mass is 237 g/mol. The molecule has 0 aromatic heterocycles. The van der Waals surface area contributed by atoms with E-state index < -0.39 is 0 Å². The smallest absolute Gasteiger partial charge is 0.227 e. The van der Waals surface area contributed by atoms with Crippen molar-refractivity contribution in [3.63, 3.8) is 0 Å². The summed E-state index contributed by atoms with van der Waals surface area (Å²) in [5.74, 6) is 1.32. The van der Waals surface area contributed by atoms with Gasteiger partial charge in [-0.3, -0.25) is 4.79 Å². The van der Waals surface area contributed by atoms with Crippen LogP contribution in [0.4, 0.5) is 5.69 Å². The van der Waals surface area contributed by atoms with Crippen molar-refractivity contribution in [2.75, 3.05) is 32.2 Å². The fourth-order valence-corrected chi connectivity index (χ4v) is 1.52. The summed E-state index contributed by atoms with van der Waals surface area (Å²) < 4.78 is 15.8. The van der Waals surface area contributed by atoms with Crippen LogP contribution in [-0.4, -0.2) is 32.8 Å². The molecule has 0 saturated carbocycles. The normalized spacial score (nSPS) is 14.3. The van der Waals surface area contributed by atoms with Crippen LogP contribution < -0.4 is 14.8 Å². The van der Waals surface area contributed by atoms with E-state index in [0.717, 1.165) is 0 Å². The van der Waals surface area contributed by atoms with Gasteiger partial charge in [-0.15, -0.1) is 0 Å². The zero-order chi connectivity index (χ0) is 12.1. The Hall–Kier alpha value is -1.75. The highest BCUT2D eigenvalue weighted by atomic mass is 16.5. The van der Waals surface area contributed by atoms with Gasteiger partial charge in [-0.2, -0.15) is 0 Å². The number of nitrogens with one attached hydrogen (secondary N) is 1. The Balaban J connectivity index is 2.07. The Labute approximate surface area is 99.7 Å². The molecule has 17 heavy (non-hydrogen) atoms. The molecule has 0 unspecified atom stereocenters. The van der Waals surface area contributed by atoms with Gasteiger partial charge in [-0.05, 0) is 12.1 Å². The molecule has 1 aliphatic heterocycles. The molecule has 5 nitrogen and oxygen atoms in total. The Morgan fingerprint density at radius 1 is 1.41 bits per heavy atom. The van der Waals surface area contributed by atoms with Crippen molar-refractivity contribution in [2.24, 2.45) is 0 Å². The van der Waals surface area contributed by atoms with Crippen LogP contribution in [0.3, 0.4) is 0 Å². The molecule has 1 aliphatic rings. The second kappa shape index (κ2) is 5.54. The first kappa shape index (κ1) is 11.7. The summed E-state index contributed by atoms with van der Waals surface area (Å²) in [7, 11) is 1.62. The van der Waals surface area contributed by atoms with E-state index in [-0.39, 0.29) is 5.91 Å². The standard InChI is InChI=1S/C12H15NO4/c1-15-6-7-16-9-2-3-10-11(8-9)17-5-4-12(14)13-10/h2-3,8H,4-7H2,1H3,(H,13,14). The fourth-order valence-electron chi connectivity index (χ4n) is 1.52. The lowest BCUT2D eigenvalue weighted by Crippen LogP contribution is -2.10. The third-order valence-corrected chi connectivity index (χ3v) is 2.37. The molecule has 0 radical (unpaired) electrons. The summed E-state index contributed by atoms with van der Waals surface area (Å²) >= 11 is 0. The first-order valence-corrected chi connectivity index (χ1v) is 5.48. The summed E-state index contributed by atoms with van der Waals surface area (Å²) in [5, 5.41) is 2.77. The average Bonchev–Trinajstić information content (AvgIpc) is 2.50. The van der Waals surface area contributed by atoms with Gasteiger partial charge in [-0.25, -0.2) is 0 Å². The van der Waals surface area contributed by atoms with E-state index in [1.807, 2.05) is 0 Å². The van der Waals surface area contributed by atoms with Gasteiger partial charge in [0.2, 0.25) is 5.91 Å². The van der Waals surface area contributed by atoms with Crippen molar-refractivity contribution < 1.29 is 19.0 Å². The predicted molar refractivity (Wildman–Crippen MR) is 62.6 cm³/mol. The Kier molecular flexibility index (Phi) is 3.82. The minimum absolute atomic E-state index is 0.0307. The molecule has 0 spiro atoms. The fraction of sp³-hybridized carbons (Fsp3) is 0.417. The molecule has 0 fully saturated rings. The number of methoxy groups -OCH3 is 1. The lowest BCUT2D eigenvalue weighted by atomic mass is 10.2. The summed E-state index contributed by atoms with van der Waals surface area (Å²) in [4.78, 5) is 11.3. The van der Waals surface area contributed by atoms with E-state index in [2.05, 4.69) is 5.32 Å². The maximum absolute atomic E-state index is 11.3. The average molecular weight is 237 g/mol. The number of benzene rings is 1. The van der Waals surface area contributed by atoms with Gasteiger partial charge in [0.15, 0.2) is 0 Å². The van der Waals surface area contributed by atoms with Crippen LogP contribution in [0.5, 0.6) is 11.5 Å². The Morgan fingerprint density at radius 3 is 3.12 bits per heavy atom. The zero-order valence-electron chi connectivity index (χ0n) is 9.69. The number of carbonyl (C=O) groups is 1. The molecule has 1 N–H and O–H groups in total. The molecule has 0 atom stereocenters. The van der Waals surface area contributed by atoms with E-state index in [1.165, 1.54) is 0 Å². The van der Waals surface area contributed by atoms with Gasteiger partial charge < -0.3 is 19.5 Å². The summed E-state index contributed by atoms with van der Waals surface area (Å²) in [5.41, 5.74) is 0.687. The van der Waals surface area contributed by atoms with Crippen LogP contribution in [0.25, 0.3) is 0 Å². The number of fused-ring (bicyclic) bond motifs is 1. The van der Waals surface area contributed by atoms with Crippen molar-refractivity contribution in [2.45, 2.75) is 6.42 Å². The lowest BCUT2D eigenvalue weighted by Gasteiger charge is -2.10. The van der Waals surface area contributed by atoms with Crippen LogP contribution >= 0.6 is 0 Å². The van der Waals surface area contributed by atoms with Crippen molar-refractivity contribution in [3.8, 4) is 11.5 Å². The van der Waals surface area contributed by atoms with Crippen LogP contribution in [0.2, 0.25) is 0 Å². The number of rotatable bonds is 4. The highest BCUT2D eigenvalue weighted by Gasteiger charge is 2.14. The van der Waals surface area contributed by atoms with Crippen LogP contribution in [0.1, 0.15) is 6.42 Å². The summed E-state index contributed by atoms with van der Waals surface area (Å²) in [6.07, 6.45) is 0.370. The molecule has 1 amide bonds. The van der Waals surface area contributed by atoms with E-state index in [4.69, 9.17) is 14.2 Å². The molecule has 1 aromatic carbocycles. The molecule has 0 aliphatic carbocycles. The number of hydrogen-bond donors (Lipinski definition) is 1. The van der Waals surface area contributed by atoms with Gasteiger partial charge in [0.1, 0.15) is 18.1 Å². The van der Waals surface area contributed by atoms with Gasteiger partial charge in [0.25, 0.3) is 0 Å². The van der Waals surface area contributed by atoms with Crippen LogP contribution in [0.15, 0.2) is 18.2 Å². The topological polar surface area (TPSA) is 56.8 Å². The first-order chi connectivity index (χ1) is 8.29. The van der Waals surface area contributed by atoms with Gasteiger partial charge in [0, 0.05) is 13.2 Å². The van der Waals surface area contributed by atoms with E-state index in [0.29, 0.717) is 43.4 Å². The molecule has 1 heterocycles. The third-order valence-electron chi connectivity index (χ3n) is 2.37. The van der Waals surface area contributed by atoms with Crippen LogP contribution in [-0.2, 0) is 9.53 Å². The van der Waals surface area contributed by atoms with Gasteiger partial charge >= 0.3 is 0 Å². The summed E-state index contributed by atoms with van der Waals surface area (Å²) in [6, 6.07) is 5.35.